The average molecular weight is 228 g/mol. The molecular weight excluding hydrogens is 216 g/mol. The molecule has 3 heteroatoms. The Labute approximate surface area is 98.3 Å². The van der Waals surface area contributed by atoms with Crippen molar-refractivity contribution < 1.29 is 9.15 Å². The molecule has 0 atom stereocenters. The smallest absolute Gasteiger partial charge is 0.336 e. The summed E-state index contributed by atoms with van der Waals surface area (Å²) in [5.74, 6) is 0.818. The summed E-state index contributed by atoms with van der Waals surface area (Å²) >= 11 is 0. The summed E-state index contributed by atoms with van der Waals surface area (Å²) in [6.45, 7) is 4.00. The summed E-state index contributed by atoms with van der Waals surface area (Å²) < 4.78 is 11.0. The maximum atomic E-state index is 11.1. The second-order valence-corrected chi connectivity index (χ2v) is 4.72. The molecule has 1 aliphatic heterocycles. The van der Waals surface area contributed by atoms with Gasteiger partial charge in [-0.05, 0) is 38.1 Å². The molecule has 0 spiro atoms. The first-order valence-electron chi connectivity index (χ1n) is 5.50. The highest BCUT2D eigenvalue weighted by Gasteiger charge is 2.22. The van der Waals surface area contributed by atoms with Gasteiger partial charge in [0, 0.05) is 17.0 Å². The van der Waals surface area contributed by atoms with Gasteiger partial charge in [-0.1, -0.05) is 6.08 Å². The summed E-state index contributed by atoms with van der Waals surface area (Å²) in [5, 5.41) is 0.870. The van der Waals surface area contributed by atoms with Crippen LogP contribution in [0.2, 0.25) is 0 Å². The van der Waals surface area contributed by atoms with Gasteiger partial charge in [-0.25, -0.2) is 4.79 Å². The van der Waals surface area contributed by atoms with Crippen LogP contribution in [0.15, 0.2) is 39.6 Å². The highest BCUT2D eigenvalue weighted by atomic mass is 16.5. The minimum atomic E-state index is -0.335. The number of hydrogen-bond donors (Lipinski definition) is 0. The highest BCUT2D eigenvalue weighted by Crippen LogP contribution is 2.33. The molecular formula is C14H12O3. The van der Waals surface area contributed by atoms with E-state index in [0.29, 0.717) is 5.58 Å². The Morgan fingerprint density at radius 2 is 2.00 bits per heavy atom. The van der Waals surface area contributed by atoms with Crippen molar-refractivity contribution in [3.63, 3.8) is 0 Å². The Kier molecular flexibility index (Phi) is 1.93. The van der Waals surface area contributed by atoms with E-state index in [1.54, 1.807) is 6.07 Å². The van der Waals surface area contributed by atoms with E-state index in [-0.39, 0.29) is 11.2 Å². The zero-order valence-corrected chi connectivity index (χ0v) is 9.69. The molecule has 0 fully saturated rings. The lowest BCUT2D eigenvalue weighted by Crippen LogP contribution is -2.27. The first-order chi connectivity index (χ1) is 8.03. The number of hydrogen-bond acceptors (Lipinski definition) is 3. The molecule has 1 aromatic carbocycles. The minimum Gasteiger partial charge on any atom is -0.483 e. The molecule has 0 radical (unpaired) electrons. The second-order valence-electron chi connectivity index (χ2n) is 4.72. The maximum absolute atomic E-state index is 11.1. The molecule has 0 bridgehead atoms. The van der Waals surface area contributed by atoms with E-state index in [0.717, 1.165) is 16.7 Å². The van der Waals surface area contributed by atoms with E-state index in [9.17, 15) is 4.79 Å². The van der Waals surface area contributed by atoms with Gasteiger partial charge in [0.05, 0.1) is 0 Å². The van der Waals surface area contributed by atoms with E-state index in [1.807, 2.05) is 38.1 Å². The van der Waals surface area contributed by atoms with Gasteiger partial charge in [0.2, 0.25) is 0 Å². The van der Waals surface area contributed by atoms with Crippen molar-refractivity contribution in [2.45, 2.75) is 19.4 Å². The third-order valence-corrected chi connectivity index (χ3v) is 2.79. The van der Waals surface area contributed by atoms with Crippen molar-refractivity contribution in [2.24, 2.45) is 0 Å². The van der Waals surface area contributed by atoms with Crippen LogP contribution in [-0.2, 0) is 0 Å². The molecule has 0 saturated heterocycles. The maximum Gasteiger partial charge on any atom is 0.336 e. The lowest BCUT2D eigenvalue weighted by Gasteiger charge is -2.27. The van der Waals surface area contributed by atoms with Gasteiger partial charge in [-0.3, -0.25) is 0 Å². The van der Waals surface area contributed by atoms with Gasteiger partial charge in [0.25, 0.3) is 0 Å². The van der Waals surface area contributed by atoms with Gasteiger partial charge in [0.1, 0.15) is 16.9 Å². The Bertz CT molecular complexity index is 677. The van der Waals surface area contributed by atoms with Crippen LogP contribution in [0.1, 0.15) is 19.4 Å². The van der Waals surface area contributed by atoms with Crippen molar-refractivity contribution in [1.82, 2.24) is 0 Å². The molecule has 2 heterocycles. The van der Waals surface area contributed by atoms with E-state index in [1.165, 1.54) is 6.07 Å². The first kappa shape index (κ1) is 10.1. The number of ether oxygens (including phenoxy) is 1. The van der Waals surface area contributed by atoms with Crippen molar-refractivity contribution >= 4 is 17.0 Å². The average Bonchev–Trinajstić information content (AvgIpc) is 2.26. The largest absolute Gasteiger partial charge is 0.483 e. The van der Waals surface area contributed by atoms with Crippen LogP contribution in [0.25, 0.3) is 17.0 Å². The van der Waals surface area contributed by atoms with Crippen LogP contribution in [0, 0.1) is 0 Å². The molecule has 3 nitrogen and oxygen atoms in total. The summed E-state index contributed by atoms with van der Waals surface area (Å²) in [6, 6.07) is 6.89. The lowest BCUT2D eigenvalue weighted by molar-refractivity contribution is 0.159. The fourth-order valence-corrected chi connectivity index (χ4v) is 1.94. The molecule has 1 aromatic heterocycles. The molecule has 3 rings (SSSR count). The molecule has 0 unspecified atom stereocenters. The second kappa shape index (κ2) is 3.23. The van der Waals surface area contributed by atoms with E-state index < -0.39 is 0 Å². The molecule has 1 aliphatic rings. The molecule has 0 saturated carbocycles. The van der Waals surface area contributed by atoms with Crippen molar-refractivity contribution in [1.29, 1.82) is 0 Å². The molecule has 17 heavy (non-hydrogen) atoms. The van der Waals surface area contributed by atoms with Gasteiger partial charge in [-0.2, -0.15) is 0 Å². The predicted octanol–water partition coefficient (Wildman–Crippen LogP) is 2.98. The van der Waals surface area contributed by atoms with Crippen LogP contribution in [0.3, 0.4) is 0 Å². The van der Waals surface area contributed by atoms with Crippen molar-refractivity contribution in [2.75, 3.05) is 0 Å². The fourth-order valence-electron chi connectivity index (χ4n) is 1.94. The van der Waals surface area contributed by atoms with Crippen LogP contribution in [0.5, 0.6) is 5.75 Å². The van der Waals surface area contributed by atoms with Crippen molar-refractivity contribution in [3.05, 3.63) is 46.3 Å². The number of benzene rings is 1. The molecule has 0 N–H and O–H groups in total. The topological polar surface area (TPSA) is 39.4 Å². The van der Waals surface area contributed by atoms with Gasteiger partial charge >= 0.3 is 5.63 Å². The van der Waals surface area contributed by atoms with Crippen molar-refractivity contribution in [3.8, 4) is 5.75 Å². The van der Waals surface area contributed by atoms with Gasteiger partial charge in [-0.15, -0.1) is 0 Å². The van der Waals surface area contributed by atoms with E-state index in [4.69, 9.17) is 9.15 Å². The normalized spacial score (nSPS) is 16.6. The molecule has 0 amide bonds. The van der Waals surface area contributed by atoms with Gasteiger partial charge < -0.3 is 9.15 Å². The highest BCUT2D eigenvalue weighted by molar-refractivity contribution is 5.83. The fraction of sp³-hybridized carbons (Fsp3) is 0.214. The summed E-state index contributed by atoms with van der Waals surface area (Å²) in [6.07, 6.45) is 3.98. The monoisotopic (exact) mass is 228 g/mol. The van der Waals surface area contributed by atoms with Crippen LogP contribution >= 0.6 is 0 Å². The summed E-state index contributed by atoms with van der Waals surface area (Å²) in [5.41, 5.74) is 0.893. The molecule has 86 valence electrons. The number of fused-ring (bicyclic) bond motifs is 2. The zero-order valence-electron chi connectivity index (χ0n) is 9.69. The minimum absolute atomic E-state index is 0.295. The Morgan fingerprint density at radius 1 is 1.18 bits per heavy atom. The first-order valence-corrected chi connectivity index (χ1v) is 5.50. The standard InChI is InChI=1S/C14H12O3/c1-14(2)6-5-10-7-11-9(8-12(10)17-14)3-4-13(15)16-11/h3-8H,1-2H3. The third kappa shape index (κ3) is 1.73. The third-order valence-electron chi connectivity index (χ3n) is 2.79. The van der Waals surface area contributed by atoms with Crippen LogP contribution in [0.4, 0.5) is 0 Å². The lowest BCUT2D eigenvalue weighted by atomic mass is 10.0. The van der Waals surface area contributed by atoms with Gasteiger partial charge in [0.15, 0.2) is 0 Å². The zero-order chi connectivity index (χ0) is 12.0. The summed E-state index contributed by atoms with van der Waals surface area (Å²) in [7, 11) is 0. The quantitative estimate of drug-likeness (QED) is 0.651. The predicted molar refractivity (Wildman–Crippen MR) is 66.2 cm³/mol. The Hall–Kier alpha value is -2.03. The molecule has 0 aliphatic carbocycles. The van der Waals surface area contributed by atoms with E-state index in [2.05, 4.69) is 0 Å². The SMILES string of the molecule is CC1(C)C=Cc2cc3oc(=O)ccc3cc2O1. The number of rotatable bonds is 0. The van der Waals surface area contributed by atoms with Crippen LogP contribution < -0.4 is 10.4 Å². The van der Waals surface area contributed by atoms with Crippen LogP contribution in [-0.4, -0.2) is 5.60 Å². The summed E-state index contributed by atoms with van der Waals surface area (Å²) in [4.78, 5) is 11.1. The Balaban J connectivity index is 2.26. The Morgan fingerprint density at radius 3 is 2.82 bits per heavy atom. The van der Waals surface area contributed by atoms with E-state index >= 15 is 0 Å². The molecule has 2 aromatic rings.